The van der Waals surface area contributed by atoms with Crippen LogP contribution in [0.5, 0.6) is 0 Å². The largest absolute Gasteiger partial charge is 0.337 e. The van der Waals surface area contributed by atoms with Crippen molar-refractivity contribution in [2.45, 2.75) is 38.8 Å². The number of rotatable bonds is 11. The number of amides is 2. The molecule has 1 heterocycles. The molecule has 3 rings (SSSR count). The number of hydroxylamine groups is 1. The SMILES string of the molecule is CN(Cc1ccccc1)C(=O)c1ccc(CN2CCN(CCCCCC(=O)NO)CC2)cc1. The summed E-state index contributed by atoms with van der Waals surface area (Å²) in [6, 6.07) is 18.0. The quantitative estimate of drug-likeness (QED) is 0.311. The summed E-state index contributed by atoms with van der Waals surface area (Å²) in [5.41, 5.74) is 4.75. The zero-order valence-corrected chi connectivity index (χ0v) is 19.6. The third-order valence-electron chi connectivity index (χ3n) is 6.18. The Kier molecular flexibility index (Phi) is 9.87. The molecule has 1 aliphatic heterocycles. The summed E-state index contributed by atoms with van der Waals surface area (Å²) in [6.45, 7) is 6.74. The van der Waals surface area contributed by atoms with Gasteiger partial charge in [-0.3, -0.25) is 19.7 Å². The highest BCUT2D eigenvalue weighted by atomic mass is 16.5. The maximum Gasteiger partial charge on any atom is 0.253 e. The van der Waals surface area contributed by atoms with Gasteiger partial charge < -0.3 is 9.80 Å². The van der Waals surface area contributed by atoms with Gasteiger partial charge in [-0.15, -0.1) is 0 Å². The highest BCUT2D eigenvalue weighted by molar-refractivity contribution is 5.94. The van der Waals surface area contributed by atoms with Crippen molar-refractivity contribution in [1.29, 1.82) is 0 Å². The maximum atomic E-state index is 12.7. The van der Waals surface area contributed by atoms with Gasteiger partial charge in [-0.05, 0) is 42.6 Å². The maximum absolute atomic E-state index is 12.7. The number of benzene rings is 2. The standard InChI is InChI=1S/C26H36N4O3/c1-28(20-22-8-4-2-5-9-22)26(32)24-13-11-23(12-14-24)21-30-18-16-29(17-19-30)15-7-3-6-10-25(31)27-33/h2,4-5,8-9,11-14,33H,3,6-7,10,15-21H2,1H3,(H,27,31). The van der Waals surface area contributed by atoms with Crippen molar-refractivity contribution in [1.82, 2.24) is 20.2 Å². The van der Waals surface area contributed by atoms with Crippen molar-refractivity contribution in [3.63, 3.8) is 0 Å². The van der Waals surface area contributed by atoms with Crippen LogP contribution in [-0.2, 0) is 17.9 Å². The molecule has 2 N–H and O–H groups in total. The van der Waals surface area contributed by atoms with Gasteiger partial charge in [0, 0.05) is 58.3 Å². The number of piperazine rings is 1. The Labute approximate surface area is 196 Å². The van der Waals surface area contributed by atoms with Crippen molar-refractivity contribution in [3.8, 4) is 0 Å². The normalized spacial score (nSPS) is 14.7. The van der Waals surface area contributed by atoms with Crippen LogP contribution in [0.4, 0.5) is 0 Å². The molecule has 0 aromatic heterocycles. The van der Waals surface area contributed by atoms with E-state index < -0.39 is 0 Å². The predicted molar refractivity (Wildman–Crippen MR) is 129 cm³/mol. The fourth-order valence-electron chi connectivity index (χ4n) is 4.19. The second kappa shape index (κ2) is 13.1. The highest BCUT2D eigenvalue weighted by Gasteiger charge is 2.17. The molecule has 1 fully saturated rings. The van der Waals surface area contributed by atoms with Crippen molar-refractivity contribution >= 4 is 11.8 Å². The Hall–Kier alpha value is -2.74. The summed E-state index contributed by atoms with van der Waals surface area (Å²) in [5.74, 6) is -0.267. The monoisotopic (exact) mass is 452 g/mol. The molecule has 2 aromatic carbocycles. The molecule has 2 amide bonds. The zero-order chi connectivity index (χ0) is 23.5. The predicted octanol–water partition coefficient (Wildman–Crippen LogP) is 3.14. The molecule has 0 aliphatic carbocycles. The second-order valence-electron chi connectivity index (χ2n) is 8.81. The first-order valence-electron chi connectivity index (χ1n) is 11.8. The Morgan fingerprint density at radius 3 is 2.21 bits per heavy atom. The summed E-state index contributed by atoms with van der Waals surface area (Å²) >= 11 is 0. The van der Waals surface area contributed by atoms with Crippen LogP contribution in [0, 0.1) is 0 Å². The molecular formula is C26H36N4O3. The van der Waals surface area contributed by atoms with Gasteiger partial charge in [-0.2, -0.15) is 0 Å². The molecule has 2 aromatic rings. The first-order valence-corrected chi connectivity index (χ1v) is 11.8. The van der Waals surface area contributed by atoms with Gasteiger partial charge in [-0.1, -0.05) is 48.9 Å². The van der Waals surface area contributed by atoms with E-state index in [4.69, 9.17) is 5.21 Å². The van der Waals surface area contributed by atoms with Gasteiger partial charge in [-0.25, -0.2) is 5.48 Å². The average molecular weight is 453 g/mol. The molecule has 0 saturated carbocycles. The number of nitrogens with one attached hydrogen (secondary N) is 1. The van der Waals surface area contributed by atoms with Crippen molar-refractivity contribution in [3.05, 3.63) is 71.3 Å². The Morgan fingerprint density at radius 2 is 1.55 bits per heavy atom. The van der Waals surface area contributed by atoms with Crippen LogP contribution in [0.15, 0.2) is 54.6 Å². The van der Waals surface area contributed by atoms with Crippen LogP contribution >= 0.6 is 0 Å². The van der Waals surface area contributed by atoms with Gasteiger partial charge in [0.15, 0.2) is 0 Å². The smallest absolute Gasteiger partial charge is 0.253 e. The third kappa shape index (κ3) is 8.28. The molecule has 7 heteroatoms. The van der Waals surface area contributed by atoms with E-state index in [1.807, 2.05) is 49.5 Å². The molecule has 1 saturated heterocycles. The number of hydrogen-bond acceptors (Lipinski definition) is 5. The average Bonchev–Trinajstić information content (AvgIpc) is 2.85. The minimum Gasteiger partial charge on any atom is -0.337 e. The van der Waals surface area contributed by atoms with Crippen LogP contribution in [0.3, 0.4) is 0 Å². The molecule has 0 radical (unpaired) electrons. The molecule has 0 spiro atoms. The lowest BCUT2D eigenvalue weighted by Gasteiger charge is -2.34. The lowest BCUT2D eigenvalue weighted by molar-refractivity contribution is -0.129. The summed E-state index contributed by atoms with van der Waals surface area (Å²) < 4.78 is 0. The Balaban J connectivity index is 1.36. The lowest BCUT2D eigenvalue weighted by atomic mass is 10.1. The van der Waals surface area contributed by atoms with Gasteiger partial charge in [0.25, 0.3) is 5.91 Å². The summed E-state index contributed by atoms with van der Waals surface area (Å²) in [6.07, 6.45) is 3.27. The topological polar surface area (TPSA) is 76.1 Å². The van der Waals surface area contributed by atoms with Gasteiger partial charge in [0.1, 0.15) is 0 Å². The van der Waals surface area contributed by atoms with Crippen molar-refractivity contribution < 1.29 is 14.8 Å². The third-order valence-corrected chi connectivity index (χ3v) is 6.18. The summed E-state index contributed by atoms with van der Waals surface area (Å²) in [5, 5.41) is 8.51. The first-order chi connectivity index (χ1) is 16.0. The minimum atomic E-state index is -0.305. The summed E-state index contributed by atoms with van der Waals surface area (Å²) in [4.78, 5) is 30.5. The van der Waals surface area contributed by atoms with E-state index in [1.54, 1.807) is 10.4 Å². The van der Waals surface area contributed by atoms with Gasteiger partial charge in [0.05, 0.1) is 0 Å². The van der Waals surface area contributed by atoms with E-state index in [0.717, 1.165) is 69.7 Å². The number of carbonyl (C=O) groups is 2. The Bertz CT molecular complexity index is 865. The van der Waals surface area contributed by atoms with Crippen LogP contribution in [0.1, 0.15) is 47.2 Å². The molecule has 33 heavy (non-hydrogen) atoms. The second-order valence-corrected chi connectivity index (χ2v) is 8.81. The van der Waals surface area contributed by atoms with E-state index in [9.17, 15) is 9.59 Å². The van der Waals surface area contributed by atoms with E-state index in [1.165, 1.54) is 5.56 Å². The molecule has 178 valence electrons. The highest BCUT2D eigenvalue weighted by Crippen LogP contribution is 2.13. The van der Waals surface area contributed by atoms with Crippen LogP contribution in [0.2, 0.25) is 0 Å². The van der Waals surface area contributed by atoms with Crippen LogP contribution < -0.4 is 5.48 Å². The van der Waals surface area contributed by atoms with E-state index in [0.29, 0.717) is 13.0 Å². The van der Waals surface area contributed by atoms with Crippen molar-refractivity contribution in [2.24, 2.45) is 0 Å². The molecule has 7 nitrogen and oxygen atoms in total. The molecule has 0 unspecified atom stereocenters. The number of carbonyl (C=O) groups excluding carboxylic acids is 2. The minimum absolute atomic E-state index is 0.0380. The van der Waals surface area contributed by atoms with Crippen molar-refractivity contribution in [2.75, 3.05) is 39.8 Å². The first kappa shape index (κ1) is 24.9. The van der Waals surface area contributed by atoms with Gasteiger partial charge >= 0.3 is 0 Å². The molecule has 0 bridgehead atoms. The van der Waals surface area contributed by atoms with Crippen LogP contribution in [-0.4, -0.2) is 71.5 Å². The van der Waals surface area contributed by atoms with Gasteiger partial charge in [0.2, 0.25) is 5.91 Å². The van der Waals surface area contributed by atoms with E-state index in [2.05, 4.69) is 21.9 Å². The number of nitrogens with zero attached hydrogens (tertiary/aromatic N) is 3. The number of unbranched alkanes of at least 4 members (excludes halogenated alkanes) is 2. The van der Waals surface area contributed by atoms with E-state index in [-0.39, 0.29) is 11.8 Å². The Morgan fingerprint density at radius 1 is 0.879 bits per heavy atom. The summed E-state index contributed by atoms with van der Waals surface area (Å²) in [7, 11) is 1.84. The molecule has 0 atom stereocenters. The lowest BCUT2D eigenvalue weighted by Crippen LogP contribution is -2.46. The molecular weight excluding hydrogens is 416 g/mol. The fraction of sp³-hybridized carbons (Fsp3) is 0.462. The van der Waals surface area contributed by atoms with E-state index >= 15 is 0 Å². The molecule has 1 aliphatic rings. The fourth-order valence-corrected chi connectivity index (χ4v) is 4.19. The van der Waals surface area contributed by atoms with Crippen LogP contribution in [0.25, 0.3) is 0 Å². The number of hydrogen-bond donors (Lipinski definition) is 2. The zero-order valence-electron chi connectivity index (χ0n) is 19.6.